The topological polar surface area (TPSA) is 100 Å². The number of hydrogen-bond donors (Lipinski definition) is 3. The van der Waals surface area contributed by atoms with Gasteiger partial charge in [-0.25, -0.2) is 4.79 Å². The Hall–Kier alpha value is -1.50. The molecule has 0 spiro atoms. The lowest BCUT2D eigenvalue weighted by molar-refractivity contribution is 0.175. The third-order valence-corrected chi connectivity index (χ3v) is 2.90. The first-order valence-electron chi connectivity index (χ1n) is 6.62. The number of rotatable bonds is 6. The molecular formula is C12H24N4O3. The first-order chi connectivity index (χ1) is 9.02. The smallest absolute Gasteiger partial charge is 0.317 e. The fraction of sp³-hybridized carbons (Fsp3) is 0.833. The first kappa shape index (κ1) is 15.6. The highest BCUT2D eigenvalue weighted by molar-refractivity contribution is 5.81. The van der Waals surface area contributed by atoms with Gasteiger partial charge in [-0.3, -0.25) is 0 Å². The normalized spacial score (nSPS) is 19.7. The lowest BCUT2D eigenvalue weighted by atomic mass is 10.2. The second-order valence-corrected chi connectivity index (χ2v) is 5.19. The number of carbonyl (C=O) groups excluding carboxylic acids is 1. The minimum atomic E-state index is -0.116. The number of nitrogens with one attached hydrogen (secondary N) is 1. The van der Waals surface area contributed by atoms with Gasteiger partial charge in [0.25, 0.3) is 0 Å². The minimum absolute atomic E-state index is 0.0889. The van der Waals surface area contributed by atoms with Crippen molar-refractivity contribution in [2.75, 3.05) is 26.3 Å². The SMILES string of the molecule is CC(C)CN(CCC(N)=NO)C(=O)NC1CCOC1. The van der Waals surface area contributed by atoms with Crippen LogP contribution in [0.4, 0.5) is 4.79 Å². The van der Waals surface area contributed by atoms with Crippen molar-refractivity contribution in [3.63, 3.8) is 0 Å². The molecule has 1 aliphatic rings. The molecule has 1 rings (SSSR count). The third kappa shape index (κ3) is 5.78. The molecule has 0 bridgehead atoms. The molecule has 1 atom stereocenters. The summed E-state index contributed by atoms with van der Waals surface area (Å²) in [6.45, 7) is 6.43. The number of oxime groups is 1. The van der Waals surface area contributed by atoms with Crippen LogP contribution in [-0.2, 0) is 4.74 Å². The summed E-state index contributed by atoms with van der Waals surface area (Å²) in [7, 11) is 0. The zero-order chi connectivity index (χ0) is 14.3. The van der Waals surface area contributed by atoms with Gasteiger partial charge < -0.3 is 25.9 Å². The van der Waals surface area contributed by atoms with Gasteiger partial charge in [0.2, 0.25) is 0 Å². The molecule has 0 aromatic rings. The zero-order valence-electron chi connectivity index (χ0n) is 11.6. The highest BCUT2D eigenvalue weighted by Crippen LogP contribution is 2.06. The van der Waals surface area contributed by atoms with Gasteiger partial charge in [-0.05, 0) is 12.3 Å². The molecule has 0 aromatic carbocycles. The molecule has 1 fully saturated rings. The van der Waals surface area contributed by atoms with E-state index in [0.29, 0.717) is 38.6 Å². The molecule has 0 radical (unpaired) electrons. The molecule has 1 heterocycles. The maximum atomic E-state index is 12.2. The minimum Gasteiger partial charge on any atom is -0.409 e. The lowest BCUT2D eigenvalue weighted by Gasteiger charge is -2.26. The number of hydrogen-bond acceptors (Lipinski definition) is 4. The maximum absolute atomic E-state index is 12.2. The van der Waals surface area contributed by atoms with E-state index in [4.69, 9.17) is 15.7 Å². The molecule has 7 heteroatoms. The van der Waals surface area contributed by atoms with Crippen LogP contribution in [0.5, 0.6) is 0 Å². The van der Waals surface area contributed by atoms with E-state index in [1.807, 2.05) is 13.8 Å². The van der Waals surface area contributed by atoms with Crippen molar-refractivity contribution in [3.8, 4) is 0 Å². The predicted molar refractivity (Wildman–Crippen MR) is 72.2 cm³/mol. The fourth-order valence-corrected chi connectivity index (χ4v) is 1.93. The molecule has 1 unspecified atom stereocenters. The van der Waals surface area contributed by atoms with Crippen LogP contribution in [0.25, 0.3) is 0 Å². The van der Waals surface area contributed by atoms with E-state index in [0.717, 1.165) is 6.42 Å². The van der Waals surface area contributed by atoms with Crippen molar-refractivity contribution in [3.05, 3.63) is 0 Å². The first-order valence-corrected chi connectivity index (χ1v) is 6.62. The number of amides is 2. The largest absolute Gasteiger partial charge is 0.409 e. The van der Waals surface area contributed by atoms with Crippen LogP contribution in [0.2, 0.25) is 0 Å². The molecule has 0 aromatic heterocycles. The summed E-state index contributed by atoms with van der Waals surface area (Å²) < 4.78 is 5.23. The Morgan fingerprint density at radius 1 is 1.63 bits per heavy atom. The Bertz CT molecular complexity index is 314. The number of ether oxygens (including phenoxy) is 1. The van der Waals surface area contributed by atoms with Gasteiger partial charge in [-0.2, -0.15) is 0 Å². The van der Waals surface area contributed by atoms with Crippen LogP contribution >= 0.6 is 0 Å². The van der Waals surface area contributed by atoms with Crippen LogP contribution in [0.3, 0.4) is 0 Å². The quantitative estimate of drug-likeness (QED) is 0.285. The molecular weight excluding hydrogens is 248 g/mol. The molecule has 110 valence electrons. The second kappa shape index (κ2) is 7.83. The summed E-state index contributed by atoms with van der Waals surface area (Å²) in [5, 5.41) is 14.4. The van der Waals surface area contributed by atoms with Crippen molar-refractivity contribution in [2.24, 2.45) is 16.8 Å². The number of nitrogens with two attached hydrogens (primary N) is 1. The molecule has 4 N–H and O–H groups in total. The van der Waals surface area contributed by atoms with E-state index >= 15 is 0 Å². The molecule has 7 nitrogen and oxygen atoms in total. The standard InChI is InChI=1S/C12H24N4O3/c1-9(2)7-16(5-3-11(13)15-18)12(17)14-10-4-6-19-8-10/h9-10,18H,3-8H2,1-2H3,(H2,13,15)(H,14,17). The van der Waals surface area contributed by atoms with E-state index in [2.05, 4.69) is 10.5 Å². The van der Waals surface area contributed by atoms with Crippen LogP contribution in [0.15, 0.2) is 5.16 Å². The molecule has 19 heavy (non-hydrogen) atoms. The van der Waals surface area contributed by atoms with Crippen LogP contribution in [0, 0.1) is 5.92 Å². The van der Waals surface area contributed by atoms with Gasteiger partial charge in [-0.15, -0.1) is 0 Å². The fourth-order valence-electron chi connectivity index (χ4n) is 1.93. The second-order valence-electron chi connectivity index (χ2n) is 5.19. The molecule has 0 saturated carbocycles. The number of nitrogens with zero attached hydrogens (tertiary/aromatic N) is 2. The monoisotopic (exact) mass is 272 g/mol. The van der Waals surface area contributed by atoms with Crippen LogP contribution in [0.1, 0.15) is 26.7 Å². The Morgan fingerprint density at radius 3 is 2.89 bits per heavy atom. The summed E-state index contributed by atoms with van der Waals surface area (Å²) in [6, 6.07) is -0.0269. The molecule has 2 amide bonds. The number of carbonyl (C=O) groups is 1. The zero-order valence-corrected chi connectivity index (χ0v) is 11.6. The molecule has 0 aliphatic carbocycles. The Morgan fingerprint density at radius 2 is 2.37 bits per heavy atom. The Labute approximate surface area is 113 Å². The molecule has 1 saturated heterocycles. The van der Waals surface area contributed by atoms with Crippen molar-refractivity contribution < 1.29 is 14.7 Å². The average Bonchev–Trinajstić information content (AvgIpc) is 2.86. The van der Waals surface area contributed by atoms with E-state index in [1.54, 1.807) is 4.90 Å². The Kier molecular flexibility index (Phi) is 6.41. The van der Waals surface area contributed by atoms with E-state index in [1.165, 1.54) is 0 Å². The highest BCUT2D eigenvalue weighted by Gasteiger charge is 2.21. The van der Waals surface area contributed by atoms with Gasteiger partial charge in [0, 0.05) is 26.1 Å². The van der Waals surface area contributed by atoms with Gasteiger partial charge in [0.1, 0.15) is 5.84 Å². The summed E-state index contributed by atoms with van der Waals surface area (Å²) in [4.78, 5) is 13.8. The van der Waals surface area contributed by atoms with Crippen molar-refractivity contribution in [2.45, 2.75) is 32.7 Å². The van der Waals surface area contributed by atoms with Crippen molar-refractivity contribution >= 4 is 11.9 Å². The maximum Gasteiger partial charge on any atom is 0.317 e. The van der Waals surface area contributed by atoms with Crippen LogP contribution in [-0.4, -0.2) is 54.3 Å². The van der Waals surface area contributed by atoms with E-state index < -0.39 is 0 Å². The Balaban J connectivity index is 2.48. The number of urea groups is 1. The van der Waals surface area contributed by atoms with Crippen molar-refractivity contribution in [1.82, 2.24) is 10.2 Å². The van der Waals surface area contributed by atoms with Gasteiger partial charge in [0.15, 0.2) is 0 Å². The van der Waals surface area contributed by atoms with Gasteiger partial charge in [0.05, 0.1) is 12.6 Å². The highest BCUT2D eigenvalue weighted by atomic mass is 16.5. The summed E-state index contributed by atoms with van der Waals surface area (Å²) in [5.41, 5.74) is 5.44. The number of amidine groups is 1. The summed E-state index contributed by atoms with van der Waals surface area (Å²) >= 11 is 0. The lowest BCUT2D eigenvalue weighted by Crippen LogP contribution is -2.47. The average molecular weight is 272 g/mol. The third-order valence-electron chi connectivity index (χ3n) is 2.90. The predicted octanol–water partition coefficient (Wildman–Crippen LogP) is 0.579. The van der Waals surface area contributed by atoms with Gasteiger partial charge in [-0.1, -0.05) is 19.0 Å². The summed E-state index contributed by atoms with van der Waals surface area (Å²) in [5.74, 6) is 0.489. The van der Waals surface area contributed by atoms with Gasteiger partial charge >= 0.3 is 6.03 Å². The summed E-state index contributed by atoms with van der Waals surface area (Å²) in [6.07, 6.45) is 1.21. The van der Waals surface area contributed by atoms with Crippen LogP contribution < -0.4 is 11.1 Å². The molecule has 1 aliphatic heterocycles. The van der Waals surface area contributed by atoms with E-state index in [9.17, 15) is 4.79 Å². The van der Waals surface area contributed by atoms with E-state index in [-0.39, 0.29) is 17.9 Å². The van der Waals surface area contributed by atoms with Crippen molar-refractivity contribution in [1.29, 1.82) is 0 Å².